The zero-order chi connectivity index (χ0) is 13.0. The van der Waals surface area contributed by atoms with Crippen LogP contribution in [0.3, 0.4) is 0 Å². The summed E-state index contributed by atoms with van der Waals surface area (Å²) in [5, 5.41) is 0. The Morgan fingerprint density at radius 2 is 1.79 bits per heavy atom. The van der Waals surface area contributed by atoms with Gasteiger partial charge >= 0.3 is 0 Å². The van der Waals surface area contributed by atoms with Gasteiger partial charge in [-0.1, -0.05) is 0 Å². The van der Waals surface area contributed by atoms with Gasteiger partial charge in [0.2, 0.25) is 0 Å². The molecule has 104 valence electrons. The van der Waals surface area contributed by atoms with E-state index in [4.69, 9.17) is 10.7 Å². The third-order valence-electron chi connectivity index (χ3n) is 5.85. The first kappa shape index (κ1) is 12.0. The standard InChI is InChI=1S/C16H25N3/c1-11-18-15(2-3-17)10-19(11)16-7-12-4-13(8-16)6-14(5-12)9-16/h10,12-14H,2-9,17H2,1H3. The zero-order valence-corrected chi connectivity index (χ0v) is 11.9. The molecular weight excluding hydrogens is 234 g/mol. The van der Waals surface area contributed by atoms with E-state index < -0.39 is 0 Å². The Kier molecular flexibility index (Phi) is 2.57. The molecule has 0 amide bonds. The molecule has 3 nitrogen and oxygen atoms in total. The number of nitrogens with zero attached hydrogens (tertiary/aromatic N) is 2. The number of rotatable bonds is 3. The lowest BCUT2D eigenvalue weighted by Gasteiger charge is -2.57. The normalized spacial score (nSPS) is 40.0. The summed E-state index contributed by atoms with van der Waals surface area (Å²) in [4.78, 5) is 4.74. The fourth-order valence-electron chi connectivity index (χ4n) is 5.64. The van der Waals surface area contributed by atoms with Crippen molar-refractivity contribution in [3.8, 4) is 0 Å². The van der Waals surface area contributed by atoms with Gasteiger partial charge in [-0.25, -0.2) is 4.98 Å². The maximum Gasteiger partial charge on any atom is 0.106 e. The van der Waals surface area contributed by atoms with Crippen LogP contribution in [0, 0.1) is 24.7 Å². The van der Waals surface area contributed by atoms with E-state index in [9.17, 15) is 0 Å². The van der Waals surface area contributed by atoms with Gasteiger partial charge in [0.25, 0.3) is 0 Å². The average Bonchev–Trinajstić information content (AvgIpc) is 2.70. The second-order valence-electron chi connectivity index (χ2n) is 7.33. The molecule has 5 rings (SSSR count). The summed E-state index contributed by atoms with van der Waals surface area (Å²) in [6, 6.07) is 0. The molecule has 19 heavy (non-hydrogen) atoms. The molecule has 1 heterocycles. The van der Waals surface area contributed by atoms with Crippen LogP contribution in [0.5, 0.6) is 0 Å². The highest BCUT2D eigenvalue weighted by Gasteiger charge is 2.52. The van der Waals surface area contributed by atoms with E-state index >= 15 is 0 Å². The molecule has 0 spiro atoms. The Morgan fingerprint density at radius 3 is 2.32 bits per heavy atom. The molecule has 0 unspecified atom stereocenters. The fourth-order valence-corrected chi connectivity index (χ4v) is 5.64. The van der Waals surface area contributed by atoms with Crippen LogP contribution in [-0.4, -0.2) is 16.1 Å². The minimum absolute atomic E-state index is 0.415. The number of hydrogen-bond donors (Lipinski definition) is 1. The van der Waals surface area contributed by atoms with Gasteiger partial charge in [0.1, 0.15) is 5.82 Å². The van der Waals surface area contributed by atoms with E-state index in [1.807, 2.05) is 0 Å². The van der Waals surface area contributed by atoms with Gasteiger partial charge in [0.15, 0.2) is 0 Å². The SMILES string of the molecule is Cc1nc(CCN)cn1C12CC3CC(CC(C3)C1)C2. The molecule has 4 saturated carbocycles. The Balaban J connectivity index is 1.71. The van der Waals surface area contributed by atoms with Gasteiger partial charge in [0.05, 0.1) is 5.69 Å². The molecule has 0 aromatic carbocycles. The summed E-state index contributed by atoms with van der Waals surface area (Å²) in [5.41, 5.74) is 7.28. The third kappa shape index (κ3) is 1.78. The number of aryl methyl sites for hydroxylation is 1. The maximum atomic E-state index is 5.68. The molecule has 0 radical (unpaired) electrons. The van der Waals surface area contributed by atoms with Crippen molar-refractivity contribution in [3.05, 3.63) is 17.7 Å². The van der Waals surface area contributed by atoms with Gasteiger partial charge in [-0.2, -0.15) is 0 Å². The van der Waals surface area contributed by atoms with Crippen LogP contribution in [-0.2, 0) is 12.0 Å². The first-order valence-electron chi connectivity index (χ1n) is 7.94. The van der Waals surface area contributed by atoms with Crippen LogP contribution in [0.2, 0.25) is 0 Å². The Hall–Kier alpha value is -0.830. The predicted molar refractivity (Wildman–Crippen MR) is 75.9 cm³/mol. The van der Waals surface area contributed by atoms with Gasteiger partial charge in [-0.3, -0.25) is 0 Å². The number of aromatic nitrogens is 2. The average molecular weight is 259 g/mol. The summed E-state index contributed by atoms with van der Waals surface area (Å²) in [7, 11) is 0. The lowest BCUT2D eigenvalue weighted by atomic mass is 9.53. The van der Waals surface area contributed by atoms with Crippen LogP contribution in [0.4, 0.5) is 0 Å². The Morgan fingerprint density at radius 1 is 1.21 bits per heavy atom. The van der Waals surface area contributed by atoms with Crippen molar-refractivity contribution in [2.45, 2.75) is 57.4 Å². The predicted octanol–water partition coefficient (Wildman–Crippen LogP) is 2.62. The Bertz CT molecular complexity index is 453. The van der Waals surface area contributed by atoms with Gasteiger partial charge in [-0.05, 0) is 69.7 Å². The summed E-state index contributed by atoms with van der Waals surface area (Å²) in [5.74, 6) is 4.19. The van der Waals surface area contributed by atoms with Crippen molar-refractivity contribution in [2.24, 2.45) is 23.5 Å². The van der Waals surface area contributed by atoms with Gasteiger partial charge < -0.3 is 10.3 Å². The van der Waals surface area contributed by atoms with Gasteiger partial charge in [-0.15, -0.1) is 0 Å². The highest BCUT2D eigenvalue weighted by Crippen LogP contribution is 2.59. The van der Waals surface area contributed by atoms with Crippen LogP contribution < -0.4 is 5.73 Å². The third-order valence-corrected chi connectivity index (χ3v) is 5.85. The van der Waals surface area contributed by atoms with E-state index in [1.165, 1.54) is 50.0 Å². The lowest BCUT2D eigenvalue weighted by Crippen LogP contribution is -2.51. The van der Waals surface area contributed by atoms with Crippen molar-refractivity contribution in [1.82, 2.24) is 9.55 Å². The molecule has 1 aromatic heterocycles. The molecule has 4 fully saturated rings. The quantitative estimate of drug-likeness (QED) is 0.907. The van der Waals surface area contributed by atoms with Crippen molar-refractivity contribution < 1.29 is 0 Å². The molecule has 1 aromatic rings. The molecule has 2 N–H and O–H groups in total. The smallest absolute Gasteiger partial charge is 0.106 e. The molecule has 3 heteroatoms. The number of hydrogen-bond acceptors (Lipinski definition) is 2. The summed E-state index contributed by atoms with van der Waals surface area (Å²) in [6.45, 7) is 2.88. The van der Waals surface area contributed by atoms with Crippen LogP contribution in [0.1, 0.15) is 50.0 Å². The molecular formula is C16H25N3. The zero-order valence-electron chi connectivity index (χ0n) is 11.9. The first-order chi connectivity index (χ1) is 9.18. The summed E-state index contributed by atoms with van der Waals surface area (Å²) < 4.78 is 2.54. The molecule has 4 bridgehead atoms. The van der Waals surface area contributed by atoms with Crippen LogP contribution in [0.15, 0.2) is 6.20 Å². The topological polar surface area (TPSA) is 43.8 Å². The van der Waals surface area contributed by atoms with Gasteiger partial charge in [0, 0.05) is 18.2 Å². The Labute approximate surface area is 115 Å². The van der Waals surface area contributed by atoms with E-state index in [0.29, 0.717) is 12.1 Å². The van der Waals surface area contributed by atoms with Crippen LogP contribution >= 0.6 is 0 Å². The lowest BCUT2D eigenvalue weighted by molar-refractivity contribution is -0.0440. The molecule has 0 atom stereocenters. The molecule has 0 saturated heterocycles. The number of imidazole rings is 1. The van der Waals surface area contributed by atoms with Crippen LogP contribution in [0.25, 0.3) is 0 Å². The molecule has 0 aliphatic heterocycles. The minimum Gasteiger partial charge on any atom is -0.330 e. The van der Waals surface area contributed by atoms with E-state index in [0.717, 1.165) is 24.2 Å². The maximum absolute atomic E-state index is 5.68. The monoisotopic (exact) mass is 259 g/mol. The largest absolute Gasteiger partial charge is 0.330 e. The molecule has 4 aliphatic carbocycles. The minimum atomic E-state index is 0.415. The van der Waals surface area contributed by atoms with Crippen molar-refractivity contribution in [2.75, 3.05) is 6.54 Å². The second-order valence-corrected chi connectivity index (χ2v) is 7.33. The summed E-state index contributed by atoms with van der Waals surface area (Å²) in [6.07, 6.45) is 11.9. The highest BCUT2D eigenvalue weighted by molar-refractivity contribution is 5.13. The van der Waals surface area contributed by atoms with E-state index in [2.05, 4.69) is 17.7 Å². The highest BCUT2D eigenvalue weighted by atomic mass is 15.1. The summed E-state index contributed by atoms with van der Waals surface area (Å²) >= 11 is 0. The van der Waals surface area contributed by atoms with Crippen molar-refractivity contribution in [1.29, 1.82) is 0 Å². The van der Waals surface area contributed by atoms with Crippen molar-refractivity contribution in [3.63, 3.8) is 0 Å². The molecule has 4 aliphatic rings. The first-order valence-corrected chi connectivity index (χ1v) is 7.94. The van der Waals surface area contributed by atoms with E-state index in [-0.39, 0.29) is 0 Å². The van der Waals surface area contributed by atoms with Crippen molar-refractivity contribution >= 4 is 0 Å². The second kappa shape index (κ2) is 4.08. The van der Waals surface area contributed by atoms with E-state index in [1.54, 1.807) is 0 Å². The fraction of sp³-hybridized carbons (Fsp3) is 0.812. The number of nitrogens with two attached hydrogens (primary N) is 1.